The molecule has 0 aromatic carbocycles. The van der Waals surface area contributed by atoms with E-state index in [-0.39, 0.29) is 12.4 Å². The predicted octanol–water partition coefficient (Wildman–Crippen LogP) is 0.977. The zero-order valence-electron chi connectivity index (χ0n) is 9.56. The van der Waals surface area contributed by atoms with Gasteiger partial charge in [0, 0.05) is 25.6 Å². The van der Waals surface area contributed by atoms with Crippen LogP contribution in [0.5, 0.6) is 0 Å². The van der Waals surface area contributed by atoms with E-state index in [0.717, 1.165) is 44.7 Å². The van der Waals surface area contributed by atoms with Crippen molar-refractivity contribution >= 4 is 12.4 Å². The number of rotatable bonds is 4. The Labute approximate surface area is 102 Å². The number of likely N-dealkylation sites (tertiary alicyclic amines) is 1. The van der Waals surface area contributed by atoms with E-state index >= 15 is 0 Å². The zero-order valence-corrected chi connectivity index (χ0v) is 10.4. The average Bonchev–Trinajstić information content (AvgIpc) is 2.78. The number of aromatic nitrogens is 2. The van der Waals surface area contributed by atoms with Gasteiger partial charge in [0.2, 0.25) is 5.89 Å². The molecule has 6 heteroatoms. The third-order valence-corrected chi connectivity index (χ3v) is 2.65. The first-order chi connectivity index (χ1) is 7.28. The lowest BCUT2D eigenvalue weighted by molar-refractivity contribution is 0.265. The van der Waals surface area contributed by atoms with Gasteiger partial charge in [-0.2, -0.15) is 4.98 Å². The molecule has 0 radical (unpaired) electrons. The second kappa shape index (κ2) is 6.18. The third-order valence-electron chi connectivity index (χ3n) is 2.65. The van der Waals surface area contributed by atoms with Crippen LogP contribution in [-0.2, 0) is 13.0 Å². The highest BCUT2D eigenvalue weighted by atomic mass is 35.5. The minimum atomic E-state index is 0. The van der Waals surface area contributed by atoms with Crippen molar-refractivity contribution in [2.75, 3.05) is 13.1 Å². The summed E-state index contributed by atoms with van der Waals surface area (Å²) in [6.45, 7) is 4.82. The van der Waals surface area contributed by atoms with E-state index in [4.69, 9.17) is 10.3 Å². The summed E-state index contributed by atoms with van der Waals surface area (Å²) < 4.78 is 5.17. The van der Waals surface area contributed by atoms with Crippen LogP contribution >= 0.6 is 12.4 Å². The van der Waals surface area contributed by atoms with Crippen LogP contribution < -0.4 is 5.73 Å². The molecule has 1 fully saturated rings. The molecule has 5 nitrogen and oxygen atoms in total. The molecule has 16 heavy (non-hydrogen) atoms. The fourth-order valence-electron chi connectivity index (χ4n) is 1.88. The summed E-state index contributed by atoms with van der Waals surface area (Å²) in [6.07, 6.45) is 3.01. The Hall–Kier alpha value is -0.650. The highest BCUT2D eigenvalue weighted by Crippen LogP contribution is 2.11. The molecule has 92 valence electrons. The molecule has 1 unspecified atom stereocenters. The lowest BCUT2D eigenvalue weighted by Crippen LogP contribution is -2.26. The Morgan fingerprint density at radius 1 is 1.56 bits per heavy atom. The van der Waals surface area contributed by atoms with Crippen molar-refractivity contribution in [3.05, 3.63) is 11.7 Å². The predicted molar refractivity (Wildman–Crippen MR) is 63.4 cm³/mol. The fourth-order valence-corrected chi connectivity index (χ4v) is 1.88. The quantitative estimate of drug-likeness (QED) is 0.858. The molecule has 0 amide bonds. The van der Waals surface area contributed by atoms with E-state index in [9.17, 15) is 0 Å². The van der Waals surface area contributed by atoms with E-state index in [2.05, 4.69) is 22.0 Å². The lowest BCUT2D eigenvalue weighted by Gasteiger charge is -2.10. The van der Waals surface area contributed by atoms with Crippen molar-refractivity contribution in [2.24, 2.45) is 5.73 Å². The molecule has 1 aliphatic heterocycles. The van der Waals surface area contributed by atoms with Crippen molar-refractivity contribution in [3.8, 4) is 0 Å². The van der Waals surface area contributed by atoms with Gasteiger partial charge in [-0.15, -0.1) is 12.4 Å². The minimum Gasteiger partial charge on any atom is -0.338 e. The van der Waals surface area contributed by atoms with Gasteiger partial charge in [0.25, 0.3) is 0 Å². The molecular weight excluding hydrogens is 228 g/mol. The second-order valence-corrected chi connectivity index (χ2v) is 4.14. The smallest absolute Gasteiger partial charge is 0.240 e. The Kier molecular flexibility index (Phi) is 5.18. The molecule has 1 saturated heterocycles. The highest BCUT2D eigenvalue weighted by molar-refractivity contribution is 5.85. The summed E-state index contributed by atoms with van der Waals surface area (Å²) in [4.78, 5) is 6.59. The summed E-state index contributed by atoms with van der Waals surface area (Å²) in [7, 11) is 0. The van der Waals surface area contributed by atoms with E-state index < -0.39 is 0 Å². The summed E-state index contributed by atoms with van der Waals surface area (Å²) in [6, 6.07) is 0.308. The molecule has 1 aliphatic rings. The van der Waals surface area contributed by atoms with Gasteiger partial charge in [-0.25, -0.2) is 0 Å². The number of hydrogen-bond acceptors (Lipinski definition) is 5. The summed E-state index contributed by atoms with van der Waals surface area (Å²) >= 11 is 0. The third kappa shape index (κ3) is 3.43. The average molecular weight is 247 g/mol. The number of aryl methyl sites for hydroxylation is 1. The maximum absolute atomic E-state index is 5.82. The molecule has 0 saturated carbocycles. The van der Waals surface area contributed by atoms with Crippen molar-refractivity contribution in [1.82, 2.24) is 15.0 Å². The molecule has 2 N–H and O–H groups in total. The molecule has 0 aliphatic carbocycles. The van der Waals surface area contributed by atoms with Crippen LogP contribution in [0.15, 0.2) is 4.52 Å². The Balaban J connectivity index is 0.00000128. The minimum absolute atomic E-state index is 0. The van der Waals surface area contributed by atoms with Crippen LogP contribution in [0.4, 0.5) is 0 Å². The second-order valence-electron chi connectivity index (χ2n) is 4.14. The number of nitrogens with two attached hydrogens (primary N) is 1. The molecule has 2 heterocycles. The van der Waals surface area contributed by atoms with E-state index in [0.29, 0.717) is 11.9 Å². The Bertz CT molecular complexity index is 318. The largest absolute Gasteiger partial charge is 0.338 e. The topological polar surface area (TPSA) is 68.2 Å². The molecule has 2 rings (SSSR count). The van der Waals surface area contributed by atoms with Gasteiger partial charge in [0.1, 0.15) is 0 Å². The lowest BCUT2D eigenvalue weighted by atomic mass is 10.3. The number of halogens is 1. The van der Waals surface area contributed by atoms with Gasteiger partial charge in [-0.1, -0.05) is 12.1 Å². The van der Waals surface area contributed by atoms with E-state index in [1.807, 2.05) is 0 Å². The van der Waals surface area contributed by atoms with Crippen molar-refractivity contribution in [1.29, 1.82) is 0 Å². The molecule has 1 atom stereocenters. The van der Waals surface area contributed by atoms with Gasteiger partial charge >= 0.3 is 0 Å². The first-order valence-corrected chi connectivity index (χ1v) is 5.57. The van der Waals surface area contributed by atoms with E-state index in [1.165, 1.54) is 0 Å². The van der Waals surface area contributed by atoms with Gasteiger partial charge in [0.15, 0.2) is 5.82 Å². The molecule has 0 spiro atoms. The summed E-state index contributed by atoms with van der Waals surface area (Å²) in [5.74, 6) is 1.53. The van der Waals surface area contributed by atoms with Gasteiger partial charge in [0.05, 0.1) is 6.54 Å². The fraction of sp³-hybridized carbons (Fsp3) is 0.800. The van der Waals surface area contributed by atoms with Gasteiger partial charge < -0.3 is 10.3 Å². The Morgan fingerprint density at radius 2 is 2.38 bits per heavy atom. The summed E-state index contributed by atoms with van der Waals surface area (Å²) in [5, 5.41) is 3.92. The first kappa shape index (κ1) is 13.4. The van der Waals surface area contributed by atoms with Crippen molar-refractivity contribution < 1.29 is 4.52 Å². The Morgan fingerprint density at radius 3 is 3.00 bits per heavy atom. The van der Waals surface area contributed by atoms with Crippen LogP contribution in [0, 0.1) is 0 Å². The van der Waals surface area contributed by atoms with Gasteiger partial charge in [-0.3, -0.25) is 4.90 Å². The van der Waals surface area contributed by atoms with Crippen molar-refractivity contribution in [3.63, 3.8) is 0 Å². The van der Waals surface area contributed by atoms with E-state index in [1.54, 1.807) is 0 Å². The van der Waals surface area contributed by atoms with Crippen LogP contribution in [0.25, 0.3) is 0 Å². The molecule has 1 aromatic rings. The number of hydrogen-bond donors (Lipinski definition) is 1. The maximum atomic E-state index is 5.82. The summed E-state index contributed by atoms with van der Waals surface area (Å²) in [5.41, 5.74) is 5.82. The first-order valence-electron chi connectivity index (χ1n) is 5.57. The van der Waals surface area contributed by atoms with Gasteiger partial charge in [-0.05, 0) is 12.8 Å². The van der Waals surface area contributed by atoms with Crippen LogP contribution in [-0.4, -0.2) is 34.2 Å². The van der Waals surface area contributed by atoms with Crippen LogP contribution in [0.2, 0.25) is 0 Å². The van der Waals surface area contributed by atoms with Crippen LogP contribution in [0.3, 0.4) is 0 Å². The zero-order chi connectivity index (χ0) is 10.7. The van der Waals surface area contributed by atoms with Crippen LogP contribution in [0.1, 0.15) is 31.5 Å². The molecule has 0 bridgehead atoms. The number of nitrogens with zero attached hydrogens (tertiary/aromatic N) is 3. The molecule has 1 aromatic heterocycles. The van der Waals surface area contributed by atoms with Crippen molar-refractivity contribution in [2.45, 2.75) is 38.8 Å². The normalized spacial score (nSPS) is 21.0. The molecular formula is C10H19ClN4O. The SMILES string of the molecule is CCCc1noc(CN2CCC(N)C2)n1.Cl. The maximum Gasteiger partial charge on any atom is 0.240 e. The standard InChI is InChI=1S/C10H18N4O.ClH/c1-2-3-9-12-10(15-13-9)7-14-5-4-8(11)6-14;/h8H,2-7,11H2,1H3;1H. The highest BCUT2D eigenvalue weighted by Gasteiger charge is 2.20. The monoisotopic (exact) mass is 246 g/mol.